The summed E-state index contributed by atoms with van der Waals surface area (Å²) in [5.41, 5.74) is 1.99. The molecule has 0 saturated carbocycles. The molecule has 47 heavy (non-hydrogen) atoms. The van der Waals surface area contributed by atoms with Gasteiger partial charge in [-0.25, -0.2) is 24.0 Å². The Balaban J connectivity index is 2.25. The standard InChI is InChI=1S/C37H32O10/c1-10-33(38)44-29-17-25(13-16-27(29)24-11-14-26(15-12-24)43-34(39)20(2)3)28-18-31(46-36(41)22(6)7)32(47-37(42)23(8)9)19-30(28)45-35(40)21(4)5/h10-19H,1-2,4,6,8H2,3,5,7,9H3. The molecule has 0 amide bonds. The van der Waals surface area contributed by atoms with Crippen LogP contribution >= 0.6 is 0 Å². The normalized spacial score (nSPS) is 10.1. The third kappa shape index (κ3) is 9.11. The van der Waals surface area contributed by atoms with E-state index in [1.54, 1.807) is 36.4 Å². The molecule has 0 aliphatic carbocycles. The molecule has 0 heterocycles. The number of hydrogen-bond acceptors (Lipinski definition) is 10. The van der Waals surface area contributed by atoms with Crippen LogP contribution in [-0.4, -0.2) is 29.8 Å². The van der Waals surface area contributed by atoms with Crippen molar-refractivity contribution in [2.45, 2.75) is 27.7 Å². The molecule has 0 spiro atoms. The first kappa shape index (κ1) is 35.2. The van der Waals surface area contributed by atoms with Gasteiger partial charge in [-0.3, -0.25) is 0 Å². The zero-order valence-corrected chi connectivity index (χ0v) is 26.4. The van der Waals surface area contributed by atoms with Crippen molar-refractivity contribution in [1.82, 2.24) is 0 Å². The average molecular weight is 637 g/mol. The topological polar surface area (TPSA) is 132 Å². The van der Waals surface area contributed by atoms with Crippen molar-refractivity contribution in [2.75, 3.05) is 0 Å². The van der Waals surface area contributed by atoms with E-state index in [1.807, 2.05) is 0 Å². The highest BCUT2D eigenvalue weighted by atomic mass is 16.6. The molecule has 3 rings (SSSR count). The molecule has 0 aromatic heterocycles. The summed E-state index contributed by atoms with van der Waals surface area (Å²) in [4.78, 5) is 61.9. The van der Waals surface area contributed by atoms with E-state index in [9.17, 15) is 24.0 Å². The zero-order chi connectivity index (χ0) is 35.0. The molecule has 10 heteroatoms. The van der Waals surface area contributed by atoms with Crippen molar-refractivity contribution in [3.63, 3.8) is 0 Å². The molecule has 0 unspecified atom stereocenters. The molecule has 0 bridgehead atoms. The lowest BCUT2D eigenvalue weighted by atomic mass is 9.98. The average Bonchev–Trinajstić information content (AvgIpc) is 3.02. The molecular weight excluding hydrogens is 604 g/mol. The van der Waals surface area contributed by atoms with E-state index in [0.29, 0.717) is 16.7 Å². The van der Waals surface area contributed by atoms with Gasteiger partial charge in [0.1, 0.15) is 17.2 Å². The van der Waals surface area contributed by atoms with Crippen molar-refractivity contribution in [3.8, 4) is 51.0 Å². The van der Waals surface area contributed by atoms with Crippen molar-refractivity contribution < 1.29 is 47.7 Å². The molecule has 0 N–H and O–H groups in total. The lowest BCUT2D eigenvalue weighted by Crippen LogP contribution is -2.14. The number of esters is 5. The van der Waals surface area contributed by atoms with Gasteiger partial charge in [0, 0.05) is 45.6 Å². The first-order valence-electron chi connectivity index (χ1n) is 13.9. The minimum absolute atomic E-state index is 0.0537. The Kier molecular flexibility index (Phi) is 11.3. The van der Waals surface area contributed by atoms with E-state index < -0.39 is 29.8 Å². The summed E-state index contributed by atoms with van der Waals surface area (Å²) in [6.45, 7) is 23.6. The Hall–Kier alpha value is -6.29. The third-order valence-electron chi connectivity index (χ3n) is 6.09. The second-order valence-corrected chi connectivity index (χ2v) is 10.3. The van der Waals surface area contributed by atoms with Crippen LogP contribution in [0.4, 0.5) is 0 Å². The van der Waals surface area contributed by atoms with Crippen molar-refractivity contribution in [2.24, 2.45) is 0 Å². The minimum atomic E-state index is -0.828. The minimum Gasteiger partial charge on any atom is -0.423 e. The van der Waals surface area contributed by atoms with Gasteiger partial charge in [0.2, 0.25) is 0 Å². The Labute approximate surface area is 271 Å². The van der Waals surface area contributed by atoms with Gasteiger partial charge in [0.25, 0.3) is 0 Å². The van der Waals surface area contributed by atoms with E-state index in [0.717, 1.165) is 6.08 Å². The summed E-state index contributed by atoms with van der Waals surface area (Å²) in [5.74, 6) is -3.98. The molecular formula is C37H32O10. The summed E-state index contributed by atoms with van der Waals surface area (Å²) in [6, 6.07) is 13.7. The third-order valence-corrected chi connectivity index (χ3v) is 6.09. The Morgan fingerprint density at radius 2 is 0.915 bits per heavy atom. The molecule has 0 saturated heterocycles. The predicted molar refractivity (Wildman–Crippen MR) is 175 cm³/mol. The molecule has 3 aromatic carbocycles. The zero-order valence-electron chi connectivity index (χ0n) is 26.4. The summed E-state index contributed by atoms with van der Waals surface area (Å²) < 4.78 is 27.3. The predicted octanol–water partition coefficient (Wildman–Crippen LogP) is 7.04. The highest BCUT2D eigenvalue weighted by molar-refractivity contribution is 5.94. The molecule has 240 valence electrons. The number of ether oxygens (including phenoxy) is 5. The van der Waals surface area contributed by atoms with Crippen LogP contribution < -0.4 is 23.7 Å². The van der Waals surface area contributed by atoms with E-state index in [2.05, 4.69) is 32.9 Å². The molecule has 0 aliphatic rings. The Morgan fingerprint density at radius 1 is 0.489 bits per heavy atom. The summed E-state index contributed by atoms with van der Waals surface area (Å²) in [5, 5.41) is 0. The van der Waals surface area contributed by atoms with Crippen molar-refractivity contribution in [3.05, 3.63) is 116 Å². The second kappa shape index (κ2) is 15.1. The Bertz CT molecular complexity index is 1860. The number of carbonyl (C=O) groups is 5. The summed E-state index contributed by atoms with van der Waals surface area (Å²) in [6.07, 6.45) is 0.983. The summed E-state index contributed by atoms with van der Waals surface area (Å²) in [7, 11) is 0. The van der Waals surface area contributed by atoms with Crippen LogP contribution in [-0.2, 0) is 24.0 Å². The van der Waals surface area contributed by atoms with Gasteiger partial charge in [0.15, 0.2) is 11.5 Å². The quantitative estimate of drug-likeness (QED) is 0.116. The maximum atomic E-state index is 12.7. The van der Waals surface area contributed by atoms with Crippen molar-refractivity contribution in [1.29, 1.82) is 0 Å². The number of benzene rings is 3. The molecule has 0 radical (unpaired) electrons. The van der Waals surface area contributed by atoms with Crippen LogP contribution in [0, 0.1) is 0 Å². The SMILES string of the molecule is C=CC(=O)Oc1cc(-c2cc(OC(=O)C(=C)C)c(OC(=O)C(=C)C)cc2OC(=O)C(=C)C)ccc1-c1ccc(OC(=O)C(=C)C)cc1. The van der Waals surface area contributed by atoms with Gasteiger partial charge in [-0.05, 0) is 63.1 Å². The van der Waals surface area contributed by atoms with Crippen LogP contribution in [0.5, 0.6) is 28.7 Å². The largest absolute Gasteiger partial charge is 0.423 e. The van der Waals surface area contributed by atoms with Gasteiger partial charge in [-0.2, -0.15) is 0 Å². The van der Waals surface area contributed by atoms with Gasteiger partial charge in [0.05, 0.1) is 0 Å². The van der Waals surface area contributed by atoms with Gasteiger partial charge < -0.3 is 23.7 Å². The van der Waals surface area contributed by atoms with Crippen molar-refractivity contribution >= 4 is 29.8 Å². The maximum Gasteiger partial charge on any atom is 0.338 e. The van der Waals surface area contributed by atoms with E-state index in [1.165, 1.54) is 45.9 Å². The number of hydrogen-bond donors (Lipinski definition) is 0. The first-order chi connectivity index (χ1) is 22.1. The molecule has 3 aromatic rings. The number of carbonyl (C=O) groups excluding carboxylic acids is 5. The fourth-order valence-electron chi connectivity index (χ4n) is 3.63. The number of rotatable bonds is 12. The van der Waals surface area contributed by atoms with Crippen LogP contribution in [0.3, 0.4) is 0 Å². The maximum absolute atomic E-state index is 12.7. The first-order valence-corrected chi connectivity index (χ1v) is 13.9. The lowest BCUT2D eigenvalue weighted by molar-refractivity contribution is -0.132. The lowest BCUT2D eigenvalue weighted by Gasteiger charge is -2.18. The van der Waals surface area contributed by atoms with Crippen LogP contribution in [0.1, 0.15) is 27.7 Å². The highest BCUT2D eigenvalue weighted by Crippen LogP contribution is 2.44. The molecule has 0 atom stereocenters. The van der Waals surface area contributed by atoms with Gasteiger partial charge >= 0.3 is 29.8 Å². The second-order valence-electron chi connectivity index (χ2n) is 10.3. The fraction of sp³-hybridized carbons (Fsp3) is 0.108. The van der Waals surface area contributed by atoms with E-state index >= 15 is 0 Å². The molecule has 10 nitrogen and oxygen atoms in total. The Morgan fingerprint density at radius 3 is 1.40 bits per heavy atom. The molecule has 0 fully saturated rings. The monoisotopic (exact) mass is 636 g/mol. The molecule has 0 aliphatic heterocycles. The van der Waals surface area contributed by atoms with Crippen LogP contribution in [0.25, 0.3) is 22.3 Å². The van der Waals surface area contributed by atoms with Crippen LogP contribution in [0.15, 0.2) is 116 Å². The van der Waals surface area contributed by atoms with Crippen LogP contribution in [0.2, 0.25) is 0 Å². The van der Waals surface area contributed by atoms with E-state index in [4.69, 9.17) is 23.7 Å². The van der Waals surface area contributed by atoms with Gasteiger partial charge in [-0.1, -0.05) is 57.2 Å². The smallest absolute Gasteiger partial charge is 0.338 e. The highest BCUT2D eigenvalue weighted by Gasteiger charge is 2.23. The fourth-order valence-corrected chi connectivity index (χ4v) is 3.63. The summed E-state index contributed by atoms with van der Waals surface area (Å²) >= 11 is 0. The van der Waals surface area contributed by atoms with Gasteiger partial charge in [-0.15, -0.1) is 0 Å². The van der Waals surface area contributed by atoms with E-state index in [-0.39, 0.29) is 56.6 Å².